The normalized spacial score (nSPS) is 12.6. The number of methoxy groups -OCH3 is 1. The van der Waals surface area contributed by atoms with Gasteiger partial charge in [-0.2, -0.15) is 0 Å². The second kappa shape index (κ2) is 6.16. The van der Waals surface area contributed by atoms with E-state index in [1.165, 1.54) is 7.11 Å². The van der Waals surface area contributed by atoms with Crippen LogP contribution in [0.2, 0.25) is 0 Å². The molecule has 0 aliphatic heterocycles. The summed E-state index contributed by atoms with van der Waals surface area (Å²) >= 11 is 0. The molecule has 0 fully saturated rings. The summed E-state index contributed by atoms with van der Waals surface area (Å²) in [5, 5.41) is 3.06. The zero-order valence-corrected chi connectivity index (χ0v) is 7.52. The molecule has 0 rings (SSSR count). The van der Waals surface area contributed by atoms with Gasteiger partial charge in [-0.3, -0.25) is 4.79 Å². The van der Waals surface area contributed by atoms with Crippen LogP contribution in [0.3, 0.4) is 0 Å². The van der Waals surface area contributed by atoms with Gasteiger partial charge in [-0.1, -0.05) is 13.3 Å². The van der Waals surface area contributed by atoms with Crippen molar-refractivity contribution in [3.05, 3.63) is 0 Å². The SMILES string of the molecule is CCCCNC(C)C(=O)OC. The fourth-order valence-electron chi connectivity index (χ4n) is 0.755. The largest absolute Gasteiger partial charge is 0.468 e. The van der Waals surface area contributed by atoms with Crippen molar-refractivity contribution in [2.45, 2.75) is 32.7 Å². The van der Waals surface area contributed by atoms with Crippen LogP contribution < -0.4 is 5.32 Å². The van der Waals surface area contributed by atoms with Crippen molar-refractivity contribution in [1.29, 1.82) is 0 Å². The molecule has 0 aromatic heterocycles. The zero-order valence-electron chi connectivity index (χ0n) is 7.52. The maximum Gasteiger partial charge on any atom is 0.322 e. The molecule has 0 amide bonds. The van der Waals surface area contributed by atoms with E-state index in [1.807, 2.05) is 6.92 Å². The summed E-state index contributed by atoms with van der Waals surface area (Å²) in [4.78, 5) is 10.8. The van der Waals surface area contributed by atoms with Gasteiger partial charge in [0.15, 0.2) is 0 Å². The third kappa shape index (κ3) is 4.79. The number of hydrogen-bond donors (Lipinski definition) is 1. The van der Waals surface area contributed by atoms with Gasteiger partial charge in [-0.05, 0) is 19.9 Å². The van der Waals surface area contributed by atoms with Crippen molar-refractivity contribution in [3.63, 3.8) is 0 Å². The zero-order chi connectivity index (χ0) is 8.69. The molecule has 1 unspecified atom stereocenters. The van der Waals surface area contributed by atoms with Crippen LogP contribution >= 0.6 is 0 Å². The lowest BCUT2D eigenvalue weighted by atomic mass is 10.3. The first-order valence-electron chi connectivity index (χ1n) is 4.03. The Morgan fingerprint density at radius 2 is 2.27 bits per heavy atom. The Hall–Kier alpha value is -0.570. The molecule has 0 bridgehead atoms. The summed E-state index contributed by atoms with van der Waals surface area (Å²) in [6, 6.07) is -0.174. The number of rotatable bonds is 5. The van der Waals surface area contributed by atoms with Gasteiger partial charge in [-0.15, -0.1) is 0 Å². The maximum absolute atomic E-state index is 10.8. The molecule has 0 aromatic rings. The number of unbranched alkanes of at least 4 members (excludes halogenated alkanes) is 1. The van der Waals surface area contributed by atoms with Crippen molar-refractivity contribution in [2.24, 2.45) is 0 Å². The van der Waals surface area contributed by atoms with Crippen LogP contribution in [0.15, 0.2) is 0 Å². The molecule has 0 aliphatic rings. The second-order valence-corrected chi connectivity index (χ2v) is 2.55. The molecule has 66 valence electrons. The third-order valence-corrected chi connectivity index (χ3v) is 1.54. The fourth-order valence-corrected chi connectivity index (χ4v) is 0.755. The Balaban J connectivity index is 3.36. The average molecular weight is 159 g/mol. The van der Waals surface area contributed by atoms with E-state index in [2.05, 4.69) is 17.0 Å². The molecule has 0 saturated carbocycles. The highest BCUT2D eigenvalue weighted by Gasteiger charge is 2.10. The van der Waals surface area contributed by atoms with Gasteiger partial charge in [0, 0.05) is 0 Å². The van der Waals surface area contributed by atoms with Crippen molar-refractivity contribution >= 4 is 5.97 Å². The number of hydrogen-bond acceptors (Lipinski definition) is 3. The van der Waals surface area contributed by atoms with Crippen LogP contribution in [0, 0.1) is 0 Å². The Labute approximate surface area is 68.1 Å². The van der Waals surface area contributed by atoms with Gasteiger partial charge in [-0.25, -0.2) is 0 Å². The van der Waals surface area contributed by atoms with Gasteiger partial charge in [0.2, 0.25) is 0 Å². The lowest BCUT2D eigenvalue weighted by Crippen LogP contribution is -2.35. The lowest BCUT2D eigenvalue weighted by molar-refractivity contribution is -0.142. The molecule has 0 heterocycles. The highest BCUT2D eigenvalue weighted by Crippen LogP contribution is 1.88. The lowest BCUT2D eigenvalue weighted by Gasteiger charge is -2.09. The molecule has 0 saturated heterocycles. The molecule has 0 spiro atoms. The summed E-state index contributed by atoms with van der Waals surface area (Å²) in [6.07, 6.45) is 2.24. The van der Waals surface area contributed by atoms with Gasteiger partial charge < -0.3 is 10.1 Å². The Morgan fingerprint density at radius 1 is 1.64 bits per heavy atom. The summed E-state index contributed by atoms with van der Waals surface area (Å²) in [5.74, 6) is -0.193. The van der Waals surface area contributed by atoms with Crippen LogP contribution in [0.1, 0.15) is 26.7 Å². The predicted octanol–water partition coefficient (Wildman–Crippen LogP) is 0.938. The van der Waals surface area contributed by atoms with Gasteiger partial charge in [0.05, 0.1) is 7.11 Å². The van der Waals surface area contributed by atoms with E-state index in [0.717, 1.165) is 19.4 Å². The summed E-state index contributed by atoms with van der Waals surface area (Å²) in [5.41, 5.74) is 0. The topological polar surface area (TPSA) is 38.3 Å². The highest BCUT2D eigenvalue weighted by molar-refractivity contribution is 5.74. The van der Waals surface area contributed by atoms with Gasteiger partial charge in [0.1, 0.15) is 6.04 Å². The monoisotopic (exact) mass is 159 g/mol. The van der Waals surface area contributed by atoms with E-state index in [0.29, 0.717) is 0 Å². The molecule has 0 aliphatic carbocycles. The van der Waals surface area contributed by atoms with E-state index in [-0.39, 0.29) is 12.0 Å². The number of esters is 1. The first-order chi connectivity index (χ1) is 5.22. The molecule has 3 nitrogen and oxygen atoms in total. The second-order valence-electron chi connectivity index (χ2n) is 2.55. The standard InChI is InChI=1S/C8H17NO2/c1-4-5-6-9-7(2)8(10)11-3/h7,9H,4-6H2,1-3H3. The van der Waals surface area contributed by atoms with E-state index in [4.69, 9.17) is 0 Å². The number of nitrogens with one attached hydrogen (secondary N) is 1. The van der Waals surface area contributed by atoms with E-state index in [9.17, 15) is 4.79 Å². The number of ether oxygens (including phenoxy) is 1. The molecule has 1 N–H and O–H groups in total. The minimum absolute atomic E-state index is 0.174. The molecule has 0 aromatic carbocycles. The van der Waals surface area contributed by atoms with Crippen LogP contribution in [-0.2, 0) is 9.53 Å². The van der Waals surface area contributed by atoms with Gasteiger partial charge in [0.25, 0.3) is 0 Å². The third-order valence-electron chi connectivity index (χ3n) is 1.54. The molecule has 0 radical (unpaired) electrons. The van der Waals surface area contributed by atoms with Crippen molar-refractivity contribution < 1.29 is 9.53 Å². The molecular weight excluding hydrogens is 142 g/mol. The maximum atomic E-state index is 10.8. The van der Waals surface area contributed by atoms with Gasteiger partial charge >= 0.3 is 5.97 Å². The number of carbonyl (C=O) groups excluding carboxylic acids is 1. The van der Waals surface area contributed by atoms with Crippen LogP contribution in [-0.4, -0.2) is 25.7 Å². The first kappa shape index (κ1) is 10.4. The van der Waals surface area contributed by atoms with E-state index < -0.39 is 0 Å². The Morgan fingerprint density at radius 3 is 2.73 bits per heavy atom. The molecule has 11 heavy (non-hydrogen) atoms. The van der Waals surface area contributed by atoms with Crippen molar-refractivity contribution in [3.8, 4) is 0 Å². The highest BCUT2D eigenvalue weighted by atomic mass is 16.5. The van der Waals surface area contributed by atoms with E-state index >= 15 is 0 Å². The fraction of sp³-hybridized carbons (Fsp3) is 0.875. The summed E-state index contributed by atoms with van der Waals surface area (Å²) < 4.78 is 4.54. The Kier molecular flexibility index (Phi) is 5.84. The van der Waals surface area contributed by atoms with Crippen LogP contribution in [0.25, 0.3) is 0 Å². The van der Waals surface area contributed by atoms with Crippen LogP contribution in [0.5, 0.6) is 0 Å². The minimum Gasteiger partial charge on any atom is -0.468 e. The van der Waals surface area contributed by atoms with E-state index in [1.54, 1.807) is 0 Å². The van der Waals surface area contributed by atoms with Crippen LogP contribution in [0.4, 0.5) is 0 Å². The smallest absolute Gasteiger partial charge is 0.322 e. The minimum atomic E-state index is -0.193. The summed E-state index contributed by atoms with van der Waals surface area (Å²) in [6.45, 7) is 4.80. The Bertz CT molecular complexity index is 115. The molecular formula is C8H17NO2. The van der Waals surface area contributed by atoms with Crippen molar-refractivity contribution in [2.75, 3.05) is 13.7 Å². The first-order valence-corrected chi connectivity index (χ1v) is 4.03. The quantitative estimate of drug-likeness (QED) is 0.479. The van der Waals surface area contributed by atoms with Crippen molar-refractivity contribution in [1.82, 2.24) is 5.32 Å². The molecule has 3 heteroatoms. The predicted molar refractivity (Wildman–Crippen MR) is 44.4 cm³/mol. The number of carbonyl (C=O) groups is 1. The average Bonchev–Trinajstić information content (AvgIpc) is 2.03. The summed E-state index contributed by atoms with van der Waals surface area (Å²) in [7, 11) is 1.40. The molecule has 1 atom stereocenters.